The van der Waals surface area contributed by atoms with Crippen molar-refractivity contribution in [1.82, 2.24) is 14.9 Å². The number of likely N-dealkylation sites (N-methyl/N-ethyl adjacent to an activating group) is 1. The van der Waals surface area contributed by atoms with Crippen LogP contribution in [0.1, 0.15) is 17.3 Å². The normalized spacial score (nSPS) is 11.6. The molecule has 1 amide bonds. The van der Waals surface area contributed by atoms with Gasteiger partial charge in [-0.1, -0.05) is 0 Å². The van der Waals surface area contributed by atoms with Crippen molar-refractivity contribution in [3.63, 3.8) is 0 Å². The Kier molecular flexibility index (Phi) is 7.73. The number of rotatable bonds is 7. The highest BCUT2D eigenvalue weighted by Gasteiger charge is 2.21. The standard InChI is InChI=1S/C28H25F2N5O3/c1-17(31-2)26(36)33-24-12-13-25(18-4-6-20(29)7-5-18)35(28(24)38)27(37)19-14-23(16-32-15-19)34(3)22-10-8-21(30)9-11-22/h4-17,31H,1-3H3,(H,33,36)/t17-/m0/s1. The van der Waals surface area contributed by atoms with E-state index in [0.717, 1.165) is 4.57 Å². The average molecular weight is 518 g/mol. The minimum absolute atomic E-state index is 0.0917. The number of benzene rings is 2. The van der Waals surface area contributed by atoms with Gasteiger partial charge < -0.3 is 15.5 Å². The topological polar surface area (TPSA) is 96.3 Å². The van der Waals surface area contributed by atoms with Crippen molar-refractivity contribution in [2.24, 2.45) is 0 Å². The number of halogens is 2. The molecule has 38 heavy (non-hydrogen) atoms. The Hall–Kier alpha value is -4.70. The van der Waals surface area contributed by atoms with Gasteiger partial charge in [0.05, 0.1) is 29.2 Å². The highest BCUT2D eigenvalue weighted by Crippen LogP contribution is 2.25. The molecule has 0 aliphatic heterocycles. The molecule has 4 aromatic rings. The lowest BCUT2D eigenvalue weighted by Gasteiger charge is -2.20. The number of hydrogen-bond donors (Lipinski definition) is 2. The maximum atomic E-state index is 13.8. The molecular formula is C28H25F2N5O3. The molecule has 1 atom stereocenters. The number of nitrogens with zero attached hydrogens (tertiary/aromatic N) is 3. The predicted octanol–water partition coefficient (Wildman–Crippen LogP) is 4.19. The number of carbonyl (C=O) groups excluding carboxylic acids is 2. The highest BCUT2D eigenvalue weighted by atomic mass is 19.1. The zero-order valence-corrected chi connectivity index (χ0v) is 20.9. The van der Waals surface area contributed by atoms with Crippen LogP contribution in [0.5, 0.6) is 0 Å². The van der Waals surface area contributed by atoms with Crippen LogP contribution in [0.3, 0.4) is 0 Å². The van der Waals surface area contributed by atoms with E-state index in [1.807, 2.05) is 0 Å². The fraction of sp³-hybridized carbons (Fsp3) is 0.143. The summed E-state index contributed by atoms with van der Waals surface area (Å²) in [4.78, 5) is 45.6. The molecule has 4 rings (SSSR count). The zero-order chi connectivity index (χ0) is 27.4. The van der Waals surface area contributed by atoms with E-state index in [1.54, 1.807) is 44.1 Å². The van der Waals surface area contributed by atoms with Gasteiger partial charge in [-0.25, -0.2) is 13.3 Å². The van der Waals surface area contributed by atoms with Crippen molar-refractivity contribution in [2.45, 2.75) is 13.0 Å². The lowest BCUT2D eigenvalue weighted by molar-refractivity contribution is -0.117. The van der Waals surface area contributed by atoms with Crippen molar-refractivity contribution in [2.75, 3.05) is 24.3 Å². The number of carbonyl (C=O) groups is 2. The first kappa shape index (κ1) is 26.4. The van der Waals surface area contributed by atoms with Crippen molar-refractivity contribution < 1.29 is 18.4 Å². The number of pyridine rings is 2. The third kappa shape index (κ3) is 5.50. The number of nitrogens with one attached hydrogen (secondary N) is 2. The van der Waals surface area contributed by atoms with Crippen LogP contribution in [0.4, 0.5) is 25.8 Å². The van der Waals surface area contributed by atoms with Gasteiger partial charge in [0.2, 0.25) is 5.91 Å². The Labute approximate surface area is 217 Å². The molecule has 2 aromatic heterocycles. The number of aromatic nitrogens is 2. The van der Waals surface area contributed by atoms with E-state index >= 15 is 0 Å². The number of hydrogen-bond acceptors (Lipinski definition) is 6. The second-order valence-electron chi connectivity index (χ2n) is 8.55. The van der Waals surface area contributed by atoms with Gasteiger partial charge in [0.15, 0.2) is 0 Å². The largest absolute Gasteiger partial charge is 0.343 e. The van der Waals surface area contributed by atoms with Gasteiger partial charge >= 0.3 is 0 Å². The fourth-order valence-electron chi connectivity index (χ4n) is 3.72. The van der Waals surface area contributed by atoms with Crippen molar-refractivity contribution >= 4 is 28.9 Å². The van der Waals surface area contributed by atoms with Crippen LogP contribution in [0, 0.1) is 11.6 Å². The monoisotopic (exact) mass is 517 g/mol. The average Bonchev–Trinajstić information content (AvgIpc) is 2.93. The van der Waals surface area contributed by atoms with E-state index in [9.17, 15) is 23.2 Å². The Morgan fingerprint density at radius 2 is 1.55 bits per heavy atom. The van der Waals surface area contributed by atoms with Gasteiger partial charge in [-0.05, 0) is 86.3 Å². The number of anilines is 3. The summed E-state index contributed by atoms with van der Waals surface area (Å²) in [5.41, 5.74) is 1.04. The molecule has 0 fully saturated rings. The smallest absolute Gasteiger partial charge is 0.281 e. The minimum Gasteiger partial charge on any atom is -0.343 e. The van der Waals surface area contributed by atoms with Crippen LogP contribution in [0.2, 0.25) is 0 Å². The molecule has 2 aromatic carbocycles. The molecule has 0 radical (unpaired) electrons. The molecule has 0 saturated heterocycles. The maximum absolute atomic E-state index is 13.8. The SMILES string of the molecule is CN[C@@H](C)C(=O)Nc1ccc(-c2ccc(F)cc2)n(C(=O)c2cncc(N(C)c3ccc(F)cc3)c2)c1=O. The second-order valence-corrected chi connectivity index (χ2v) is 8.55. The van der Waals surface area contributed by atoms with Crippen LogP contribution in [0.25, 0.3) is 11.3 Å². The summed E-state index contributed by atoms with van der Waals surface area (Å²) < 4.78 is 27.9. The quantitative estimate of drug-likeness (QED) is 0.382. The lowest BCUT2D eigenvalue weighted by Crippen LogP contribution is -2.38. The molecule has 0 aliphatic carbocycles. The zero-order valence-electron chi connectivity index (χ0n) is 20.9. The van der Waals surface area contributed by atoms with Gasteiger partial charge in [0.1, 0.15) is 17.3 Å². The predicted molar refractivity (Wildman–Crippen MR) is 142 cm³/mol. The van der Waals surface area contributed by atoms with E-state index in [4.69, 9.17) is 0 Å². The molecule has 8 nitrogen and oxygen atoms in total. The molecule has 0 bridgehead atoms. The summed E-state index contributed by atoms with van der Waals surface area (Å²) in [5, 5.41) is 5.34. The Morgan fingerprint density at radius 3 is 2.18 bits per heavy atom. The van der Waals surface area contributed by atoms with E-state index in [2.05, 4.69) is 15.6 Å². The van der Waals surface area contributed by atoms with Crippen LogP contribution in [0.15, 0.2) is 83.9 Å². The van der Waals surface area contributed by atoms with Gasteiger partial charge in [0.25, 0.3) is 11.5 Å². The lowest BCUT2D eigenvalue weighted by atomic mass is 10.1. The Morgan fingerprint density at radius 1 is 0.921 bits per heavy atom. The van der Waals surface area contributed by atoms with Crippen LogP contribution in [-0.2, 0) is 4.79 Å². The summed E-state index contributed by atoms with van der Waals surface area (Å²) in [6.07, 6.45) is 2.85. The van der Waals surface area contributed by atoms with Crippen LogP contribution < -0.4 is 21.1 Å². The fourth-order valence-corrected chi connectivity index (χ4v) is 3.72. The summed E-state index contributed by atoms with van der Waals surface area (Å²) in [6, 6.07) is 15.0. The van der Waals surface area contributed by atoms with E-state index < -0.39 is 29.2 Å². The molecule has 0 saturated carbocycles. The second kappa shape index (κ2) is 11.1. The number of amides is 1. The first-order valence-corrected chi connectivity index (χ1v) is 11.7. The molecule has 2 N–H and O–H groups in total. The van der Waals surface area contributed by atoms with Crippen LogP contribution >= 0.6 is 0 Å². The molecule has 0 spiro atoms. The summed E-state index contributed by atoms with van der Waals surface area (Å²) in [6.45, 7) is 1.63. The maximum Gasteiger partial charge on any atom is 0.281 e. The molecule has 194 valence electrons. The van der Waals surface area contributed by atoms with Gasteiger partial charge in [-0.3, -0.25) is 19.4 Å². The first-order chi connectivity index (χ1) is 18.2. The van der Waals surface area contributed by atoms with E-state index in [-0.39, 0.29) is 22.8 Å². The molecular weight excluding hydrogens is 492 g/mol. The summed E-state index contributed by atoms with van der Waals surface area (Å²) in [7, 11) is 3.33. The third-order valence-electron chi connectivity index (χ3n) is 6.08. The Bertz CT molecular complexity index is 1540. The highest BCUT2D eigenvalue weighted by molar-refractivity contribution is 6.00. The van der Waals surface area contributed by atoms with Gasteiger partial charge in [0, 0.05) is 18.9 Å². The first-order valence-electron chi connectivity index (χ1n) is 11.7. The Balaban J connectivity index is 1.80. The van der Waals surface area contributed by atoms with Gasteiger partial charge in [-0.2, -0.15) is 0 Å². The molecule has 2 heterocycles. The van der Waals surface area contributed by atoms with Gasteiger partial charge in [-0.15, -0.1) is 0 Å². The molecule has 10 heteroatoms. The van der Waals surface area contributed by atoms with E-state index in [0.29, 0.717) is 16.9 Å². The van der Waals surface area contributed by atoms with Crippen molar-refractivity contribution in [1.29, 1.82) is 0 Å². The molecule has 0 aliphatic rings. The third-order valence-corrected chi connectivity index (χ3v) is 6.08. The van der Waals surface area contributed by atoms with Crippen molar-refractivity contribution in [3.05, 3.63) is 107 Å². The molecule has 0 unspecified atom stereocenters. The van der Waals surface area contributed by atoms with Crippen molar-refractivity contribution in [3.8, 4) is 11.3 Å². The summed E-state index contributed by atoms with van der Waals surface area (Å²) in [5.74, 6) is -2.01. The van der Waals surface area contributed by atoms with Crippen LogP contribution in [-0.4, -0.2) is 41.5 Å². The minimum atomic E-state index is -0.759. The summed E-state index contributed by atoms with van der Waals surface area (Å²) >= 11 is 0. The van der Waals surface area contributed by atoms with E-state index in [1.165, 1.54) is 60.9 Å².